The Morgan fingerprint density at radius 1 is 1.09 bits per heavy atom. The number of benzene rings is 2. The molecule has 0 radical (unpaired) electrons. The quantitative estimate of drug-likeness (QED) is 0.378. The molecule has 1 atom stereocenters. The van der Waals surface area contributed by atoms with Crippen LogP contribution in [-0.4, -0.2) is 58.3 Å². The highest BCUT2D eigenvalue weighted by Gasteiger charge is 2.28. The first-order valence-electron chi connectivity index (χ1n) is 12.0. The Morgan fingerprint density at radius 3 is 2.71 bits per heavy atom. The highest BCUT2D eigenvalue weighted by molar-refractivity contribution is 7.99. The lowest BCUT2D eigenvalue weighted by atomic mass is 9.95. The van der Waals surface area contributed by atoms with Crippen molar-refractivity contribution >= 4 is 23.4 Å². The third-order valence-electron chi connectivity index (χ3n) is 6.70. The number of likely N-dealkylation sites (tertiary alicyclic amines) is 1. The average Bonchev–Trinajstić information content (AvgIpc) is 3.55. The van der Waals surface area contributed by atoms with Crippen molar-refractivity contribution in [3.05, 3.63) is 64.9 Å². The summed E-state index contributed by atoms with van der Waals surface area (Å²) in [4.78, 5) is 2.48. The molecule has 0 amide bonds. The highest BCUT2D eigenvalue weighted by Crippen LogP contribution is 2.34. The number of hydrogen-bond donors (Lipinski definition) is 0. The second kappa shape index (κ2) is 11.1. The van der Waals surface area contributed by atoms with E-state index in [0.717, 1.165) is 85.1 Å². The van der Waals surface area contributed by atoms with Crippen molar-refractivity contribution in [2.75, 3.05) is 32.6 Å². The molecule has 0 N–H and O–H groups in total. The fourth-order valence-corrected chi connectivity index (χ4v) is 6.01. The van der Waals surface area contributed by atoms with Crippen LogP contribution >= 0.6 is 23.4 Å². The van der Waals surface area contributed by atoms with Crippen molar-refractivity contribution in [3.8, 4) is 11.4 Å². The first-order chi connectivity index (χ1) is 16.7. The minimum absolute atomic E-state index is 0.303. The normalized spacial score (nSPS) is 19.5. The molecule has 6 nitrogen and oxygen atoms in total. The number of rotatable bonds is 8. The molecule has 0 spiro atoms. The summed E-state index contributed by atoms with van der Waals surface area (Å²) < 4.78 is 13.6. The van der Waals surface area contributed by atoms with Gasteiger partial charge in [-0.15, -0.1) is 10.2 Å². The Kier molecular flexibility index (Phi) is 7.74. The summed E-state index contributed by atoms with van der Waals surface area (Å²) in [5, 5.41) is 11.1. The van der Waals surface area contributed by atoms with E-state index >= 15 is 0 Å². The molecule has 0 aliphatic carbocycles. The van der Waals surface area contributed by atoms with Gasteiger partial charge in [-0.25, -0.2) is 0 Å². The summed E-state index contributed by atoms with van der Waals surface area (Å²) >= 11 is 8.13. The zero-order valence-corrected chi connectivity index (χ0v) is 21.1. The predicted octanol–water partition coefficient (Wildman–Crippen LogP) is 5.58. The second-order valence-corrected chi connectivity index (χ2v) is 10.4. The summed E-state index contributed by atoms with van der Waals surface area (Å²) in [5.74, 6) is 3.14. The summed E-state index contributed by atoms with van der Waals surface area (Å²) in [6.07, 6.45) is 4.66. The van der Waals surface area contributed by atoms with E-state index in [-0.39, 0.29) is 0 Å². The van der Waals surface area contributed by atoms with Crippen molar-refractivity contribution < 1.29 is 9.47 Å². The molecule has 8 heteroatoms. The molecule has 2 aromatic carbocycles. The molecular formula is C26H31ClN4O2S. The van der Waals surface area contributed by atoms with Gasteiger partial charge in [0, 0.05) is 35.9 Å². The molecular weight excluding hydrogens is 468 g/mol. The smallest absolute Gasteiger partial charge is 0.195 e. The maximum absolute atomic E-state index is 6.39. The monoisotopic (exact) mass is 498 g/mol. The Morgan fingerprint density at radius 2 is 1.94 bits per heavy atom. The van der Waals surface area contributed by atoms with Gasteiger partial charge in [0.1, 0.15) is 11.6 Å². The van der Waals surface area contributed by atoms with Gasteiger partial charge in [0.15, 0.2) is 5.16 Å². The number of halogens is 1. The molecule has 1 aromatic heterocycles. The van der Waals surface area contributed by atoms with E-state index < -0.39 is 0 Å². The summed E-state index contributed by atoms with van der Waals surface area (Å²) in [5.41, 5.74) is 2.24. The third-order valence-corrected chi connectivity index (χ3v) is 8.13. The van der Waals surface area contributed by atoms with Crippen molar-refractivity contribution in [1.82, 2.24) is 19.7 Å². The van der Waals surface area contributed by atoms with Gasteiger partial charge in [-0.1, -0.05) is 47.6 Å². The van der Waals surface area contributed by atoms with Crippen LogP contribution in [0.25, 0.3) is 5.69 Å². The maximum Gasteiger partial charge on any atom is 0.195 e. The highest BCUT2D eigenvalue weighted by atomic mass is 35.5. The Bertz CT molecular complexity index is 1090. The van der Waals surface area contributed by atoms with Crippen LogP contribution in [0.3, 0.4) is 0 Å². The second-order valence-electron chi connectivity index (χ2n) is 8.97. The van der Waals surface area contributed by atoms with E-state index in [1.165, 1.54) is 5.56 Å². The van der Waals surface area contributed by atoms with Crippen molar-refractivity contribution in [2.24, 2.45) is 0 Å². The molecule has 2 aliphatic rings. The molecule has 2 aliphatic heterocycles. The molecule has 3 aromatic rings. The number of hydrogen-bond acceptors (Lipinski definition) is 6. The number of nitrogens with zero attached hydrogens (tertiary/aromatic N) is 4. The molecule has 3 heterocycles. The van der Waals surface area contributed by atoms with E-state index in [0.29, 0.717) is 12.0 Å². The molecule has 0 bridgehead atoms. The first kappa shape index (κ1) is 23.7. The summed E-state index contributed by atoms with van der Waals surface area (Å²) in [6.45, 7) is 3.78. The van der Waals surface area contributed by atoms with E-state index in [1.54, 1.807) is 18.9 Å². The Labute approximate surface area is 210 Å². The molecule has 0 saturated carbocycles. The van der Waals surface area contributed by atoms with Gasteiger partial charge >= 0.3 is 0 Å². The van der Waals surface area contributed by atoms with Crippen LogP contribution < -0.4 is 4.74 Å². The number of thioether (sulfide) groups is 1. The topological polar surface area (TPSA) is 52.4 Å². The van der Waals surface area contributed by atoms with Crippen LogP contribution in [0, 0.1) is 0 Å². The van der Waals surface area contributed by atoms with Crippen molar-refractivity contribution in [2.45, 2.75) is 49.4 Å². The largest absolute Gasteiger partial charge is 0.497 e. The standard InChI is InChI=1S/C26H31ClN4O2S/c1-32-22-8-4-7-21(16-22)31-25(28-29-26(31)34-18-23-9-5-15-33-23)19-11-13-30(14-12-19)17-20-6-2-3-10-24(20)27/h2-4,6-8,10,16,19,23H,5,9,11-15,17-18H2,1H3/t23-/m0/s1. The van der Waals surface area contributed by atoms with Gasteiger partial charge in [0.05, 0.1) is 18.9 Å². The number of ether oxygens (including phenoxy) is 2. The lowest BCUT2D eigenvalue weighted by Gasteiger charge is -2.32. The minimum Gasteiger partial charge on any atom is -0.497 e. The van der Waals surface area contributed by atoms with E-state index in [4.69, 9.17) is 26.2 Å². The first-order valence-corrected chi connectivity index (χ1v) is 13.4. The third kappa shape index (κ3) is 5.43. The van der Waals surface area contributed by atoms with Gasteiger partial charge < -0.3 is 9.47 Å². The van der Waals surface area contributed by atoms with Crippen LogP contribution in [0.15, 0.2) is 53.7 Å². The van der Waals surface area contributed by atoms with Gasteiger partial charge in [0.2, 0.25) is 0 Å². The zero-order chi connectivity index (χ0) is 23.3. The van der Waals surface area contributed by atoms with Crippen LogP contribution in [0.2, 0.25) is 5.02 Å². The van der Waals surface area contributed by atoms with Gasteiger partial charge in [-0.2, -0.15) is 0 Å². The molecule has 34 heavy (non-hydrogen) atoms. The van der Waals surface area contributed by atoms with Crippen LogP contribution in [-0.2, 0) is 11.3 Å². The molecule has 0 unspecified atom stereocenters. The summed E-state index contributed by atoms with van der Waals surface area (Å²) in [6, 6.07) is 16.3. The maximum atomic E-state index is 6.39. The fraction of sp³-hybridized carbons (Fsp3) is 0.462. The van der Waals surface area contributed by atoms with Crippen LogP contribution in [0.4, 0.5) is 0 Å². The molecule has 180 valence electrons. The van der Waals surface area contributed by atoms with E-state index in [9.17, 15) is 0 Å². The van der Waals surface area contributed by atoms with Crippen LogP contribution in [0.5, 0.6) is 5.75 Å². The Hall–Kier alpha value is -2.06. The van der Waals surface area contributed by atoms with Crippen molar-refractivity contribution in [3.63, 3.8) is 0 Å². The molecule has 2 fully saturated rings. The predicted molar refractivity (Wildman–Crippen MR) is 136 cm³/mol. The lowest BCUT2D eigenvalue weighted by molar-refractivity contribution is 0.129. The van der Waals surface area contributed by atoms with E-state index in [2.05, 4.69) is 38.8 Å². The SMILES string of the molecule is COc1cccc(-n2c(SC[C@@H]3CCCO3)nnc2C2CCN(Cc3ccccc3Cl)CC2)c1. The number of aromatic nitrogens is 3. The molecule has 5 rings (SSSR count). The zero-order valence-electron chi connectivity index (χ0n) is 19.5. The van der Waals surface area contributed by atoms with Crippen LogP contribution in [0.1, 0.15) is 43.0 Å². The van der Waals surface area contributed by atoms with Gasteiger partial charge in [0.25, 0.3) is 0 Å². The summed E-state index contributed by atoms with van der Waals surface area (Å²) in [7, 11) is 1.70. The number of piperidine rings is 1. The van der Waals surface area contributed by atoms with Gasteiger partial charge in [-0.05, 0) is 62.5 Å². The number of methoxy groups -OCH3 is 1. The lowest BCUT2D eigenvalue weighted by Crippen LogP contribution is -2.33. The van der Waals surface area contributed by atoms with Crippen molar-refractivity contribution in [1.29, 1.82) is 0 Å². The average molecular weight is 499 g/mol. The van der Waals surface area contributed by atoms with Gasteiger partial charge in [-0.3, -0.25) is 9.47 Å². The minimum atomic E-state index is 0.303. The van der Waals surface area contributed by atoms with E-state index in [1.807, 2.05) is 24.3 Å². The Balaban J connectivity index is 1.34. The molecule has 2 saturated heterocycles. The fourth-order valence-electron chi connectivity index (χ4n) is 4.79.